The number of hydrogen-bond acceptors (Lipinski definition) is 5. The maximum atomic E-state index is 12.9. The largest absolute Gasteiger partial charge is 0.381 e. The van der Waals surface area contributed by atoms with Crippen molar-refractivity contribution in [1.82, 2.24) is 9.55 Å². The zero-order chi connectivity index (χ0) is 20.4. The summed E-state index contributed by atoms with van der Waals surface area (Å²) < 4.78 is 6.72. The molecule has 1 aliphatic rings. The van der Waals surface area contributed by atoms with Gasteiger partial charge in [-0.05, 0) is 30.7 Å². The molecule has 146 valence electrons. The zero-order valence-electron chi connectivity index (χ0n) is 16.5. The summed E-state index contributed by atoms with van der Waals surface area (Å²) in [4.78, 5) is 28.8. The predicted molar refractivity (Wildman–Crippen MR) is 108 cm³/mol. The number of ether oxygens (including phenoxy) is 1. The van der Waals surface area contributed by atoms with Crippen LogP contribution in [0.4, 0.5) is 0 Å². The van der Waals surface area contributed by atoms with Gasteiger partial charge < -0.3 is 19.2 Å². The average Bonchev–Trinajstić information content (AvgIpc) is 3.07. The number of rotatable bonds is 4. The minimum Gasteiger partial charge on any atom is -0.381 e. The van der Waals surface area contributed by atoms with Crippen LogP contribution in [0.1, 0.15) is 42.2 Å². The van der Waals surface area contributed by atoms with E-state index in [1.165, 1.54) is 7.11 Å². The van der Waals surface area contributed by atoms with E-state index in [-0.39, 0.29) is 17.7 Å². The van der Waals surface area contributed by atoms with Gasteiger partial charge in [-0.15, -0.1) is 0 Å². The third kappa shape index (κ3) is 3.25. The first kappa shape index (κ1) is 19.9. The lowest BCUT2D eigenvalue weighted by molar-refractivity contribution is -0.115. The Bertz CT molecular complexity index is 1100. The fourth-order valence-electron chi connectivity index (χ4n) is 3.52. The van der Waals surface area contributed by atoms with Gasteiger partial charge in [-0.1, -0.05) is 26.0 Å². The van der Waals surface area contributed by atoms with Crippen molar-refractivity contribution < 1.29 is 14.6 Å². The number of hydrogen-bond donors (Lipinski definition) is 1. The van der Waals surface area contributed by atoms with Gasteiger partial charge in [0.25, 0.3) is 5.56 Å². The van der Waals surface area contributed by atoms with Crippen molar-refractivity contribution in [1.29, 1.82) is 0 Å². The van der Waals surface area contributed by atoms with Crippen molar-refractivity contribution in [2.45, 2.75) is 40.0 Å². The number of fused-ring (bicyclic) bond motifs is 4. The number of methoxy groups -OCH3 is 1. The summed E-state index contributed by atoms with van der Waals surface area (Å²) in [6.07, 6.45) is -0.955. The molecule has 0 aliphatic carbocycles. The number of aromatic nitrogens is 2. The number of aldehydes is 1. The highest BCUT2D eigenvalue weighted by atomic mass is 16.5. The average molecular weight is 380 g/mol. The Balaban J connectivity index is 0.00000109. The molecule has 0 amide bonds. The monoisotopic (exact) mass is 380 g/mol. The van der Waals surface area contributed by atoms with Crippen LogP contribution >= 0.6 is 0 Å². The Morgan fingerprint density at radius 3 is 2.71 bits per heavy atom. The van der Waals surface area contributed by atoms with Crippen LogP contribution in [0.25, 0.3) is 22.3 Å². The predicted octanol–water partition coefficient (Wildman–Crippen LogP) is 3.14. The fourth-order valence-corrected chi connectivity index (χ4v) is 3.52. The lowest BCUT2D eigenvalue weighted by Gasteiger charge is -2.14. The number of aryl methyl sites for hydroxylation is 1. The van der Waals surface area contributed by atoms with Crippen LogP contribution in [-0.2, 0) is 22.7 Å². The molecule has 0 spiro atoms. The van der Waals surface area contributed by atoms with Gasteiger partial charge >= 0.3 is 0 Å². The van der Waals surface area contributed by atoms with Gasteiger partial charge in [0.05, 0.1) is 30.1 Å². The van der Waals surface area contributed by atoms with Crippen molar-refractivity contribution in [3.63, 3.8) is 0 Å². The first-order valence-corrected chi connectivity index (χ1v) is 9.33. The Morgan fingerprint density at radius 1 is 1.29 bits per heavy atom. The van der Waals surface area contributed by atoms with Crippen LogP contribution in [0, 0.1) is 6.92 Å². The SMILES string of the molecule is CC.COCc1c(C(O)C=O)cc2n(c1=O)Cc1cc3ccc(C)cc3nc1-2. The summed E-state index contributed by atoms with van der Waals surface area (Å²) in [6.45, 7) is 6.45. The second kappa shape index (κ2) is 8.04. The Hall–Kier alpha value is -2.83. The van der Waals surface area contributed by atoms with Crippen molar-refractivity contribution in [3.8, 4) is 11.4 Å². The van der Waals surface area contributed by atoms with Crippen LogP contribution in [-0.4, -0.2) is 28.1 Å². The van der Waals surface area contributed by atoms with E-state index < -0.39 is 6.10 Å². The maximum Gasteiger partial charge on any atom is 0.257 e. The highest BCUT2D eigenvalue weighted by molar-refractivity contribution is 5.84. The van der Waals surface area contributed by atoms with Gasteiger partial charge in [0.2, 0.25) is 0 Å². The van der Waals surface area contributed by atoms with E-state index in [4.69, 9.17) is 9.72 Å². The van der Waals surface area contributed by atoms with Crippen molar-refractivity contribution >= 4 is 17.2 Å². The van der Waals surface area contributed by atoms with E-state index in [0.29, 0.717) is 29.8 Å². The molecule has 3 aromatic rings. The molecule has 3 heterocycles. The van der Waals surface area contributed by atoms with Gasteiger partial charge in [0.1, 0.15) is 6.10 Å². The number of pyridine rings is 2. The molecule has 1 aromatic carbocycles. The molecular formula is C22H24N2O4. The Labute approximate surface area is 163 Å². The molecule has 0 fully saturated rings. The highest BCUT2D eigenvalue weighted by Gasteiger charge is 2.27. The standard InChI is InChI=1S/C20H18N2O4.C2H6/c1-11-3-4-12-6-13-8-22-17(19(13)21-16(12)5-11)7-14(18(24)9-23)15(10-26-2)20(22)25;1-2/h3-7,9,18,24H,8,10H2,1-2H3;1-2H3. The molecule has 1 unspecified atom stereocenters. The van der Waals surface area contributed by atoms with Gasteiger partial charge in [0.15, 0.2) is 6.29 Å². The summed E-state index contributed by atoms with van der Waals surface area (Å²) in [5.41, 5.74) is 4.53. The van der Waals surface area contributed by atoms with E-state index in [9.17, 15) is 14.7 Å². The molecule has 2 aromatic heterocycles. The number of aliphatic hydroxyl groups excluding tert-OH is 1. The molecule has 28 heavy (non-hydrogen) atoms. The van der Waals surface area contributed by atoms with Gasteiger partial charge in [-0.3, -0.25) is 4.79 Å². The number of carbonyl (C=O) groups excluding carboxylic acids is 1. The molecule has 1 atom stereocenters. The van der Waals surface area contributed by atoms with E-state index in [1.54, 1.807) is 10.6 Å². The summed E-state index contributed by atoms with van der Waals surface area (Å²) in [5.74, 6) is 0. The maximum absolute atomic E-state index is 12.9. The molecule has 4 rings (SSSR count). The molecule has 0 saturated carbocycles. The number of carbonyl (C=O) groups is 1. The summed E-state index contributed by atoms with van der Waals surface area (Å²) in [7, 11) is 1.47. The molecule has 0 saturated heterocycles. The lowest BCUT2D eigenvalue weighted by Crippen LogP contribution is -2.26. The molecule has 6 nitrogen and oxygen atoms in total. The zero-order valence-corrected chi connectivity index (χ0v) is 16.5. The molecular weight excluding hydrogens is 356 g/mol. The van der Waals surface area contributed by atoms with E-state index >= 15 is 0 Å². The normalized spacial score (nSPS) is 12.8. The minimum absolute atomic E-state index is 0.0320. The number of nitrogens with zero attached hydrogens (tertiary/aromatic N) is 2. The first-order chi connectivity index (χ1) is 13.5. The lowest BCUT2D eigenvalue weighted by atomic mass is 10.0. The summed E-state index contributed by atoms with van der Waals surface area (Å²) >= 11 is 0. The van der Waals surface area contributed by atoms with E-state index in [1.807, 2.05) is 45.0 Å². The third-order valence-electron chi connectivity index (χ3n) is 4.79. The molecule has 0 radical (unpaired) electrons. The van der Waals surface area contributed by atoms with Crippen LogP contribution in [0.3, 0.4) is 0 Å². The quantitative estimate of drug-likeness (QED) is 0.550. The Kier molecular flexibility index (Phi) is 5.72. The molecule has 1 aliphatic heterocycles. The number of aliphatic hydroxyl groups is 1. The van der Waals surface area contributed by atoms with E-state index in [0.717, 1.165) is 22.0 Å². The van der Waals surface area contributed by atoms with Crippen LogP contribution in [0.5, 0.6) is 0 Å². The van der Waals surface area contributed by atoms with Crippen molar-refractivity contribution in [3.05, 3.63) is 62.9 Å². The highest BCUT2D eigenvalue weighted by Crippen LogP contribution is 2.33. The van der Waals surface area contributed by atoms with Crippen LogP contribution < -0.4 is 5.56 Å². The van der Waals surface area contributed by atoms with Crippen molar-refractivity contribution in [2.75, 3.05) is 7.11 Å². The van der Waals surface area contributed by atoms with Gasteiger partial charge in [0, 0.05) is 29.2 Å². The second-order valence-corrected chi connectivity index (χ2v) is 6.56. The second-order valence-electron chi connectivity index (χ2n) is 6.56. The van der Waals surface area contributed by atoms with Crippen LogP contribution in [0.15, 0.2) is 35.1 Å². The summed E-state index contributed by atoms with van der Waals surface area (Å²) in [6, 6.07) is 9.75. The number of benzene rings is 1. The summed E-state index contributed by atoms with van der Waals surface area (Å²) in [5, 5.41) is 11.1. The van der Waals surface area contributed by atoms with Crippen molar-refractivity contribution in [2.24, 2.45) is 0 Å². The fraction of sp³-hybridized carbons (Fsp3) is 0.318. The minimum atomic E-state index is -1.37. The topological polar surface area (TPSA) is 81.4 Å². The van der Waals surface area contributed by atoms with Gasteiger partial charge in [-0.2, -0.15) is 0 Å². The molecule has 6 heteroatoms. The smallest absolute Gasteiger partial charge is 0.257 e. The van der Waals surface area contributed by atoms with E-state index in [2.05, 4.69) is 0 Å². The Morgan fingerprint density at radius 2 is 2.04 bits per heavy atom. The molecule has 1 N–H and O–H groups in total. The van der Waals surface area contributed by atoms with Crippen LogP contribution in [0.2, 0.25) is 0 Å². The first-order valence-electron chi connectivity index (χ1n) is 9.33. The van der Waals surface area contributed by atoms with Gasteiger partial charge in [-0.25, -0.2) is 4.98 Å². The third-order valence-corrected chi connectivity index (χ3v) is 4.79. The molecule has 0 bridgehead atoms.